The van der Waals surface area contributed by atoms with Gasteiger partial charge in [0.05, 0.1) is 0 Å². The van der Waals surface area contributed by atoms with Crippen LogP contribution in [0.1, 0.15) is 12.7 Å². The van der Waals surface area contributed by atoms with Crippen LogP contribution in [-0.4, -0.2) is 33.2 Å². The summed E-state index contributed by atoms with van der Waals surface area (Å²) >= 11 is 0. The van der Waals surface area contributed by atoms with Gasteiger partial charge in [-0.3, -0.25) is 14.5 Å². The predicted molar refractivity (Wildman–Crippen MR) is 66.1 cm³/mol. The lowest BCUT2D eigenvalue weighted by Crippen LogP contribution is -2.40. The van der Waals surface area contributed by atoms with Crippen LogP contribution in [0.15, 0.2) is 36.7 Å². The van der Waals surface area contributed by atoms with Gasteiger partial charge in [-0.15, -0.1) is 0 Å². The van der Waals surface area contributed by atoms with E-state index in [2.05, 4.69) is 9.97 Å². The van der Waals surface area contributed by atoms with E-state index in [1.807, 2.05) is 6.92 Å². The normalized spacial score (nSPS) is 19.5. The highest BCUT2D eigenvalue weighted by molar-refractivity contribution is 6.06. The van der Waals surface area contributed by atoms with Gasteiger partial charge < -0.3 is 0 Å². The molecule has 1 aliphatic heterocycles. The van der Waals surface area contributed by atoms with Gasteiger partial charge in [0.2, 0.25) is 0 Å². The highest BCUT2D eigenvalue weighted by Gasteiger charge is 2.22. The summed E-state index contributed by atoms with van der Waals surface area (Å²) in [6.45, 7) is 2.36. The van der Waals surface area contributed by atoms with Crippen molar-refractivity contribution in [2.45, 2.75) is 6.92 Å². The molecule has 1 unspecified atom stereocenters. The molecular weight excluding hydrogens is 230 g/mol. The molecule has 0 fully saturated rings. The second-order valence-electron chi connectivity index (χ2n) is 4.06. The number of hydrogen-bond donors (Lipinski definition) is 0. The number of carbonyl (C=O) groups is 2. The molecule has 18 heavy (non-hydrogen) atoms. The first-order valence-corrected chi connectivity index (χ1v) is 5.65. The standard InChI is InChI=1S/C13H13N3O2/c1-10-3-5-12(17)16(9-10)13(18)6-4-11-14-7-2-8-15-11/h2-8,10H,9H2,1H3. The Hall–Kier alpha value is -2.30. The van der Waals surface area contributed by atoms with E-state index in [-0.39, 0.29) is 17.7 Å². The Balaban J connectivity index is 2.06. The SMILES string of the molecule is CC1C=CC(=O)N(C(=O)C=Cc2ncccn2)C1. The number of rotatable bonds is 2. The molecule has 0 saturated heterocycles. The molecule has 2 rings (SSSR count). The Labute approximate surface area is 105 Å². The van der Waals surface area contributed by atoms with Crippen LogP contribution in [0.3, 0.4) is 0 Å². The molecule has 1 aliphatic rings. The molecule has 92 valence electrons. The second-order valence-corrected chi connectivity index (χ2v) is 4.06. The maximum atomic E-state index is 11.9. The fourth-order valence-electron chi connectivity index (χ4n) is 1.61. The molecule has 0 radical (unpaired) electrons. The third-order valence-electron chi connectivity index (χ3n) is 2.53. The molecule has 1 aromatic rings. The van der Waals surface area contributed by atoms with Crippen molar-refractivity contribution in [3.05, 3.63) is 42.5 Å². The van der Waals surface area contributed by atoms with E-state index in [0.717, 1.165) is 0 Å². The minimum Gasteiger partial charge on any atom is -0.275 e. The third-order valence-corrected chi connectivity index (χ3v) is 2.53. The minimum atomic E-state index is -0.344. The van der Waals surface area contributed by atoms with Crippen LogP contribution in [0.5, 0.6) is 0 Å². The topological polar surface area (TPSA) is 63.2 Å². The van der Waals surface area contributed by atoms with E-state index in [1.54, 1.807) is 24.5 Å². The molecule has 0 aromatic carbocycles. The molecule has 2 heterocycles. The maximum absolute atomic E-state index is 11.9. The number of hydrogen-bond acceptors (Lipinski definition) is 4. The van der Waals surface area contributed by atoms with Gasteiger partial charge in [-0.25, -0.2) is 9.97 Å². The van der Waals surface area contributed by atoms with Crippen LogP contribution in [0.2, 0.25) is 0 Å². The van der Waals surface area contributed by atoms with Gasteiger partial charge in [-0.05, 0) is 24.1 Å². The van der Waals surface area contributed by atoms with Crippen LogP contribution in [0, 0.1) is 5.92 Å². The van der Waals surface area contributed by atoms with Gasteiger partial charge in [0.1, 0.15) is 0 Å². The van der Waals surface area contributed by atoms with E-state index in [9.17, 15) is 9.59 Å². The Kier molecular flexibility index (Phi) is 3.62. The van der Waals surface area contributed by atoms with Crippen LogP contribution < -0.4 is 0 Å². The molecule has 0 saturated carbocycles. The number of imide groups is 1. The van der Waals surface area contributed by atoms with E-state index in [4.69, 9.17) is 0 Å². The molecule has 0 N–H and O–H groups in total. The van der Waals surface area contributed by atoms with E-state index in [0.29, 0.717) is 12.4 Å². The largest absolute Gasteiger partial charge is 0.275 e. The molecule has 5 heteroatoms. The van der Waals surface area contributed by atoms with Crippen LogP contribution in [0.25, 0.3) is 6.08 Å². The molecule has 5 nitrogen and oxygen atoms in total. The molecule has 2 amide bonds. The fourth-order valence-corrected chi connectivity index (χ4v) is 1.61. The van der Waals surface area contributed by atoms with E-state index >= 15 is 0 Å². The van der Waals surface area contributed by atoms with Crippen molar-refractivity contribution >= 4 is 17.9 Å². The van der Waals surface area contributed by atoms with Crippen LogP contribution in [-0.2, 0) is 9.59 Å². The Morgan fingerprint density at radius 3 is 2.89 bits per heavy atom. The average Bonchev–Trinajstić information content (AvgIpc) is 2.40. The number of carbonyl (C=O) groups excluding carboxylic acids is 2. The lowest BCUT2D eigenvalue weighted by Gasteiger charge is -2.23. The van der Waals surface area contributed by atoms with Crippen LogP contribution in [0.4, 0.5) is 0 Å². The van der Waals surface area contributed by atoms with Gasteiger partial charge in [-0.2, -0.15) is 0 Å². The predicted octanol–water partition coefficient (Wildman–Crippen LogP) is 1.05. The van der Waals surface area contributed by atoms with Crippen molar-refractivity contribution < 1.29 is 9.59 Å². The summed E-state index contributed by atoms with van der Waals surface area (Å²) in [5.41, 5.74) is 0. The Morgan fingerprint density at radius 1 is 1.44 bits per heavy atom. The summed E-state index contributed by atoms with van der Waals surface area (Å²) in [4.78, 5) is 32.5. The Bertz CT molecular complexity index is 508. The smallest absolute Gasteiger partial charge is 0.253 e. The number of aromatic nitrogens is 2. The summed E-state index contributed by atoms with van der Waals surface area (Å²) < 4.78 is 0. The lowest BCUT2D eigenvalue weighted by molar-refractivity contribution is -0.139. The zero-order valence-corrected chi connectivity index (χ0v) is 9.98. The van der Waals surface area contributed by atoms with Gasteiger partial charge in [0.25, 0.3) is 11.8 Å². The Morgan fingerprint density at radius 2 is 2.17 bits per heavy atom. The molecular formula is C13H13N3O2. The summed E-state index contributed by atoms with van der Waals surface area (Å²) in [6.07, 6.45) is 9.23. The highest BCUT2D eigenvalue weighted by atomic mass is 16.2. The second kappa shape index (κ2) is 5.35. The van der Waals surface area contributed by atoms with Crippen molar-refractivity contribution in [2.75, 3.05) is 6.54 Å². The first kappa shape index (κ1) is 12.2. The van der Waals surface area contributed by atoms with E-state index in [1.165, 1.54) is 23.1 Å². The van der Waals surface area contributed by atoms with Gasteiger partial charge in [0.15, 0.2) is 5.82 Å². The monoisotopic (exact) mass is 243 g/mol. The summed E-state index contributed by atoms with van der Waals surface area (Å²) in [5, 5.41) is 0. The summed E-state index contributed by atoms with van der Waals surface area (Å²) in [7, 11) is 0. The molecule has 1 atom stereocenters. The van der Waals surface area contributed by atoms with Crippen molar-refractivity contribution in [3.63, 3.8) is 0 Å². The van der Waals surface area contributed by atoms with Crippen molar-refractivity contribution in [2.24, 2.45) is 5.92 Å². The van der Waals surface area contributed by atoms with Crippen molar-refractivity contribution in [1.82, 2.24) is 14.9 Å². The zero-order chi connectivity index (χ0) is 13.0. The van der Waals surface area contributed by atoms with E-state index < -0.39 is 0 Å². The molecule has 0 bridgehead atoms. The third kappa shape index (κ3) is 2.88. The van der Waals surface area contributed by atoms with Crippen molar-refractivity contribution in [3.8, 4) is 0 Å². The molecule has 1 aromatic heterocycles. The molecule has 0 spiro atoms. The van der Waals surface area contributed by atoms with Crippen molar-refractivity contribution in [1.29, 1.82) is 0 Å². The highest BCUT2D eigenvalue weighted by Crippen LogP contribution is 2.10. The van der Waals surface area contributed by atoms with Gasteiger partial charge >= 0.3 is 0 Å². The quantitative estimate of drug-likeness (QED) is 0.728. The summed E-state index contributed by atoms with van der Waals surface area (Å²) in [5.74, 6) is 0.00677. The first-order valence-electron chi connectivity index (χ1n) is 5.65. The molecule has 0 aliphatic carbocycles. The lowest BCUT2D eigenvalue weighted by atomic mass is 10.1. The van der Waals surface area contributed by atoms with Gasteiger partial charge in [-0.1, -0.05) is 13.0 Å². The number of nitrogens with zero attached hydrogens (tertiary/aromatic N) is 3. The zero-order valence-electron chi connectivity index (χ0n) is 9.98. The van der Waals surface area contributed by atoms with Gasteiger partial charge in [0, 0.05) is 25.0 Å². The number of amides is 2. The first-order chi connectivity index (χ1) is 8.66. The summed E-state index contributed by atoms with van der Waals surface area (Å²) in [6, 6.07) is 1.69. The fraction of sp³-hybridized carbons (Fsp3) is 0.231. The minimum absolute atomic E-state index is 0.188. The van der Waals surface area contributed by atoms with Crippen LogP contribution >= 0.6 is 0 Å². The maximum Gasteiger partial charge on any atom is 0.253 e. The average molecular weight is 243 g/mol.